The molecule has 0 aliphatic carbocycles. The molecule has 154 valence electrons. The van der Waals surface area contributed by atoms with Gasteiger partial charge >= 0.3 is 5.97 Å². The highest BCUT2D eigenvalue weighted by Crippen LogP contribution is 2.29. The van der Waals surface area contributed by atoms with E-state index >= 15 is 0 Å². The molecular weight excluding hydrogens is 390 g/mol. The predicted molar refractivity (Wildman–Crippen MR) is 112 cm³/mol. The van der Waals surface area contributed by atoms with Crippen LogP contribution < -0.4 is 5.32 Å². The fourth-order valence-corrected chi connectivity index (χ4v) is 3.92. The zero-order valence-electron chi connectivity index (χ0n) is 17.0. The molecule has 3 aromatic rings. The normalized spacial score (nSPS) is 12.1. The summed E-state index contributed by atoms with van der Waals surface area (Å²) in [6, 6.07) is 10.1. The number of amides is 1. The predicted octanol–water partition coefficient (Wildman–Crippen LogP) is 3.07. The number of aromatic nitrogens is 2. The molecule has 0 aliphatic heterocycles. The van der Waals surface area contributed by atoms with Gasteiger partial charge in [-0.3, -0.25) is 9.48 Å². The number of rotatable bonds is 8. The van der Waals surface area contributed by atoms with Crippen LogP contribution in [0.2, 0.25) is 0 Å². The SMILES string of the molecule is COCCNC(=O)[C@@H](C)OC(=O)c1cc2c(C)nn(Cc3ccc(C)cc3)c2s1. The Kier molecular flexibility index (Phi) is 6.66. The van der Waals surface area contributed by atoms with Crippen molar-refractivity contribution in [3.63, 3.8) is 0 Å². The first kappa shape index (κ1) is 21.0. The van der Waals surface area contributed by atoms with Crippen LogP contribution in [0.1, 0.15) is 33.4 Å². The Morgan fingerprint density at radius 3 is 2.66 bits per heavy atom. The maximum absolute atomic E-state index is 12.5. The van der Waals surface area contributed by atoms with Crippen molar-refractivity contribution in [3.05, 3.63) is 52.0 Å². The quantitative estimate of drug-likeness (QED) is 0.452. The summed E-state index contributed by atoms with van der Waals surface area (Å²) in [5, 5.41) is 8.18. The number of thiophene rings is 1. The van der Waals surface area contributed by atoms with Gasteiger partial charge in [0.05, 0.1) is 18.8 Å². The fourth-order valence-electron chi connectivity index (χ4n) is 2.88. The molecule has 8 heteroatoms. The Labute approximate surface area is 173 Å². The number of nitrogens with zero attached hydrogens (tertiary/aromatic N) is 2. The van der Waals surface area contributed by atoms with Crippen LogP contribution in [-0.4, -0.2) is 48.0 Å². The summed E-state index contributed by atoms with van der Waals surface area (Å²) in [5.74, 6) is -0.861. The summed E-state index contributed by atoms with van der Waals surface area (Å²) in [4.78, 5) is 25.9. The lowest BCUT2D eigenvalue weighted by Crippen LogP contribution is -2.37. The number of aryl methyl sites for hydroxylation is 2. The number of benzene rings is 1. The average Bonchev–Trinajstić information content (AvgIpc) is 3.25. The molecule has 3 rings (SSSR count). The highest BCUT2D eigenvalue weighted by molar-refractivity contribution is 7.20. The van der Waals surface area contributed by atoms with Gasteiger partial charge in [-0.1, -0.05) is 29.8 Å². The van der Waals surface area contributed by atoms with E-state index in [0.717, 1.165) is 21.5 Å². The van der Waals surface area contributed by atoms with Crippen LogP contribution in [0.4, 0.5) is 0 Å². The van der Waals surface area contributed by atoms with E-state index in [9.17, 15) is 9.59 Å². The van der Waals surface area contributed by atoms with E-state index in [1.54, 1.807) is 20.1 Å². The number of fused-ring (bicyclic) bond motifs is 1. The highest BCUT2D eigenvalue weighted by atomic mass is 32.1. The third-order valence-corrected chi connectivity index (χ3v) is 5.65. The van der Waals surface area contributed by atoms with E-state index in [1.165, 1.54) is 16.9 Å². The molecule has 2 heterocycles. The van der Waals surface area contributed by atoms with Gasteiger partial charge in [-0.2, -0.15) is 5.10 Å². The Hall–Kier alpha value is -2.71. The first-order chi connectivity index (χ1) is 13.9. The molecule has 0 unspecified atom stereocenters. The summed E-state index contributed by atoms with van der Waals surface area (Å²) in [5.41, 5.74) is 3.20. The molecule has 0 bridgehead atoms. The van der Waals surface area contributed by atoms with Gasteiger partial charge in [0.25, 0.3) is 5.91 Å². The molecule has 29 heavy (non-hydrogen) atoms. The van der Waals surface area contributed by atoms with Crippen LogP contribution in [0.15, 0.2) is 30.3 Å². The van der Waals surface area contributed by atoms with Gasteiger partial charge in [-0.25, -0.2) is 4.79 Å². The van der Waals surface area contributed by atoms with Gasteiger partial charge in [0.15, 0.2) is 6.10 Å². The highest BCUT2D eigenvalue weighted by Gasteiger charge is 2.22. The van der Waals surface area contributed by atoms with Crippen LogP contribution >= 0.6 is 11.3 Å². The smallest absolute Gasteiger partial charge is 0.349 e. The van der Waals surface area contributed by atoms with Gasteiger partial charge < -0.3 is 14.8 Å². The van der Waals surface area contributed by atoms with Gasteiger partial charge in [-0.05, 0) is 32.4 Å². The van der Waals surface area contributed by atoms with E-state index in [0.29, 0.717) is 24.6 Å². The van der Waals surface area contributed by atoms with Crippen molar-refractivity contribution in [2.45, 2.75) is 33.4 Å². The Morgan fingerprint density at radius 1 is 1.24 bits per heavy atom. The van der Waals surface area contributed by atoms with Crippen LogP contribution in [0.25, 0.3) is 10.2 Å². The maximum Gasteiger partial charge on any atom is 0.349 e. The second-order valence-electron chi connectivity index (χ2n) is 6.89. The first-order valence-corrected chi connectivity index (χ1v) is 10.2. The second-order valence-corrected chi connectivity index (χ2v) is 7.92. The minimum absolute atomic E-state index is 0.349. The average molecular weight is 416 g/mol. The third kappa shape index (κ3) is 5.02. The molecule has 0 saturated carbocycles. The molecule has 1 aromatic carbocycles. The summed E-state index contributed by atoms with van der Waals surface area (Å²) in [6.07, 6.45) is -0.880. The number of ether oxygens (including phenoxy) is 2. The molecule has 0 radical (unpaired) electrons. The Balaban J connectivity index is 1.72. The zero-order valence-corrected chi connectivity index (χ0v) is 17.8. The fraction of sp³-hybridized carbons (Fsp3) is 0.381. The second kappa shape index (κ2) is 9.19. The van der Waals surface area contributed by atoms with Gasteiger partial charge in [0.1, 0.15) is 9.71 Å². The molecular formula is C21H25N3O4S. The van der Waals surface area contributed by atoms with Crippen molar-refractivity contribution in [2.24, 2.45) is 0 Å². The molecule has 1 N–H and O–H groups in total. The summed E-state index contributed by atoms with van der Waals surface area (Å²) >= 11 is 1.32. The summed E-state index contributed by atoms with van der Waals surface area (Å²) < 4.78 is 12.1. The minimum Gasteiger partial charge on any atom is -0.448 e. The molecule has 0 spiro atoms. The van der Waals surface area contributed by atoms with Gasteiger partial charge in [-0.15, -0.1) is 11.3 Å². The van der Waals surface area contributed by atoms with Crippen molar-refractivity contribution in [1.29, 1.82) is 0 Å². The molecule has 2 aromatic heterocycles. The monoisotopic (exact) mass is 415 g/mol. The van der Waals surface area contributed by atoms with E-state index in [4.69, 9.17) is 9.47 Å². The third-order valence-electron chi connectivity index (χ3n) is 4.52. The Morgan fingerprint density at radius 2 is 1.97 bits per heavy atom. The molecule has 7 nitrogen and oxygen atoms in total. The largest absolute Gasteiger partial charge is 0.448 e. The molecule has 1 amide bonds. The number of esters is 1. The first-order valence-electron chi connectivity index (χ1n) is 9.39. The number of nitrogens with one attached hydrogen (secondary N) is 1. The van der Waals surface area contributed by atoms with Gasteiger partial charge in [0, 0.05) is 19.0 Å². The molecule has 1 atom stereocenters. The standard InChI is InChI=1S/C21H25N3O4S/c1-13-5-7-16(8-6-13)12-24-20-17(14(2)23-24)11-18(29-20)21(26)28-15(3)19(25)22-9-10-27-4/h5-8,11,15H,9-10,12H2,1-4H3,(H,22,25)/t15-/m1/s1. The molecule has 0 aliphatic rings. The van der Waals surface area contributed by atoms with Crippen LogP contribution in [-0.2, 0) is 20.8 Å². The molecule has 0 saturated heterocycles. The minimum atomic E-state index is -0.880. The van der Waals surface area contributed by atoms with Crippen LogP contribution in [0, 0.1) is 13.8 Å². The number of hydrogen-bond donors (Lipinski definition) is 1. The van der Waals surface area contributed by atoms with Crippen molar-refractivity contribution >= 4 is 33.4 Å². The van der Waals surface area contributed by atoms with Crippen LogP contribution in [0.5, 0.6) is 0 Å². The maximum atomic E-state index is 12.5. The summed E-state index contributed by atoms with van der Waals surface area (Å²) in [6.45, 7) is 6.92. The summed E-state index contributed by atoms with van der Waals surface area (Å²) in [7, 11) is 1.55. The number of hydrogen-bond acceptors (Lipinski definition) is 6. The number of methoxy groups -OCH3 is 1. The van der Waals surface area contributed by atoms with E-state index < -0.39 is 12.1 Å². The van der Waals surface area contributed by atoms with E-state index in [1.807, 2.05) is 11.6 Å². The number of carbonyl (C=O) groups excluding carboxylic acids is 2. The van der Waals surface area contributed by atoms with Gasteiger partial charge in [0.2, 0.25) is 0 Å². The lowest BCUT2D eigenvalue weighted by Gasteiger charge is -2.12. The zero-order chi connectivity index (χ0) is 21.0. The topological polar surface area (TPSA) is 82.4 Å². The lowest BCUT2D eigenvalue weighted by atomic mass is 10.1. The molecule has 0 fully saturated rings. The van der Waals surface area contributed by atoms with Crippen molar-refractivity contribution in [2.75, 3.05) is 20.3 Å². The number of carbonyl (C=O) groups is 2. The van der Waals surface area contributed by atoms with Crippen molar-refractivity contribution < 1.29 is 19.1 Å². The lowest BCUT2D eigenvalue weighted by molar-refractivity contribution is -0.129. The van der Waals surface area contributed by atoms with Crippen LogP contribution in [0.3, 0.4) is 0 Å². The van der Waals surface area contributed by atoms with E-state index in [-0.39, 0.29) is 5.91 Å². The van der Waals surface area contributed by atoms with Crippen molar-refractivity contribution in [1.82, 2.24) is 15.1 Å². The van der Waals surface area contributed by atoms with E-state index in [2.05, 4.69) is 41.6 Å². The Bertz CT molecular complexity index is 1010. The van der Waals surface area contributed by atoms with Crippen molar-refractivity contribution in [3.8, 4) is 0 Å².